The van der Waals surface area contributed by atoms with Crippen LogP contribution in [0.1, 0.15) is 24.0 Å². The standard InChI is InChI=1S/C30H30Cl2N4O3/c1-39-24-6-4-5-22(16-24)34-30(38)36(23-10-11-23)19-29(37)35(18-20-9-12-26(31)27(32)15-20)14-13-21-17-33-28-8-3-2-7-25(21)28/h2-9,12,15-17,23,33H,10-11,13-14,18-19H2,1H3,(H,34,38). The van der Waals surface area contributed by atoms with Crippen LogP contribution in [0.15, 0.2) is 72.9 Å². The normalized spacial score (nSPS) is 12.8. The van der Waals surface area contributed by atoms with Crippen LogP contribution >= 0.6 is 23.2 Å². The fraction of sp³-hybridized carbons (Fsp3) is 0.267. The zero-order valence-electron chi connectivity index (χ0n) is 21.6. The summed E-state index contributed by atoms with van der Waals surface area (Å²) < 4.78 is 5.26. The van der Waals surface area contributed by atoms with Crippen molar-refractivity contribution in [3.8, 4) is 5.75 Å². The van der Waals surface area contributed by atoms with E-state index in [0.29, 0.717) is 41.0 Å². The van der Waals surface area contributed by atoms with Crippen molar-refractivity contribution in [3.63, 3.8) is 0 Å². The number of carbonyl (C=O) groups excluding carboxylic acids is 2. The number of urea groups is 1. The molecule has 3 amide bonds. The Bertz CT molecular complexity index is 1480. The van der Waals surface area contributed by atoms with Crippen LogP contribution in [0.25, 0.3) is 10.9 Å². The fourth-order valence-electron chi connectivity index (χ4n) is 4.64. The van der Waals surface area contributed by atoms with Crippen molar-refractivity contribution < 1.29 is 14.3 Å². The van der Waals surface area contributed by atoms with E-state index in [2.05, 4.69) is 16.4 Å². The smallest absolute Gasteiger partial charge is 0.322 e. The van der Waals surface area contributed by atoms with Gasteiger partial charge in [0.2, 0.25) is 5.91 Å². The zero-order valence-corrected chi connectivity index (χ0v) is 23.1. The molecule has 0 radical (unpaired) electrons. The number of hydrogen-bond donors (Lipinski definition) is 2. The minimum absolute atomic E-state index is 0.0182. The summed E-state index contributed by atoms with van der Waals surface area (Å²) in [6.45, 7) is 0.820. The van der Waals surface area contributed by atoms with Gasteiger partial charge in [-0.1, -0.05) is 53.5 Å². The Morgan fingerprint density at radius 2 is 1.85 bits per heavy atom. The second-order valence-corrected chi connectivity index (χ2v) is 10.5. The minimum atomic E-state index is -0.301. The highest BCUT2D eigenvalue weighted by Crippen LogP contribution is 2.29. The first-order chi connectivity index (χ1) is 18.9. The largest absolute Gasteiger partial charge is 0.497 e. The summed E-state index contributed by atoms with van der Waals surface area (Å²) in [5.41, 5.74) is 3.68. The van der Waals surface area contributed by atoms with Crippen molar-refractivity contribution in [3.05, 3.63) is 94.1 Å². The summed E-state index contributed by atoms with van der Waals surface area (Å²) >= 11 is 12.4. The number of methoxy groups -OCH3 is 1. The maximum atomic E-state index is 13.7. The number of para-hydroxylation sites is 1. The third kappa shape index (κ3) is 6.67. The SMILES string of the molecule is COc1cccc(NC(=O)N(CC(=O)N(CCc2c[nH]c3ccccc23)Cc2ccc(Cl)c(Cl)c2)C2CC2)c1. The van der Waals surface area contributed by atoms with Crippen molar-refractivity contribution in [2.24, 2.45) is 0 Å². The molecule has 1 aromatic heterocycles. The minimum Gasteiger partial charge on any atom is -0.497 e. The van der Waals surface area contributed by atoms with Crippen LogP contribution < -0.4 is 10.1 Å². The number of ether oxygens (including phenoxy) is 1. The van der Waals surface area contributed by atoms with Gasteiger partial charge in [-0.05, 0) is 60.7 Å². The van der Waals surface area contributed by atoms with E-state index < -0.39 is 0 Å². The van der Waals surface area contributed by atoms with E-state index in [1.165, 1.54) is 0 Å². The first-order valence-electron chi connectivity index (χ1n) is 12.9. The molecule has 1 saturated carbocycles. The highest BCUT2D eigenvalue weighted by atomic mass is 35.5. The van der Waals surface area contributed by atoms with Crippen LogP contribution in [0.2, 0.25) is 10.0 Å². The van der Waals surface area contributed by atoms with Gasteiger partial charge in [-0.15, -0.1) is 0 Å². The molecular formula is C30H30Cl2N4O3. The molecule has 5 rings (SSSR count). The van der Waals surface area contributed by atoms with Gasteiger partial charge >= 0.3 is 6.03 Å². The lowest BCUT2D eigenvalue weighted by molar-refractivity contribution is -0.132. The van der Waals surface area contributed by atoms with Gasteiger partial charge in [0, 0.05) is 48.0 Å². The van der Waals surface area contributed by atoms with Gasteiger partial charge in [0.25, 0.3) is 0 Å². The van der Waals surface area contributed by atoms with Crippen LogP contribution in [0, 0.1) is 0 Å². The molecule has 0 unspecified atom stereocenters. The van der Waals surface area contributed by atoms with E-state index in [-0.39, 0.29) is 24.5 Å². The van der Waals surface area contributed by atoms with Gasteiger partial charge in [0.15, 0.2) is 0 Å². The maximum absolute atomic E-state index is 13.7. The number of carbonyl (C=O) groups is 2. The molecule has 7 nitrogen and oxygen atoms in total. The summed E-state index contributed by atoms with van der Waals surface area (Å²) in [5, 5.41) is 4.96. The molecule has 4 aromatic rings. The Hall–Kier alpha value is -3.68. The third-order valence-electron chi connectivity index (χ3n) is 6.91. The second-order valence-electron chi connectivity index (χ2n) is 9.69. The van der Waals surface area contributed by atoms with Crippen molar-refractivity contribution in [1.29, 1.82) is 0 Å². The molecule has 202 valence electrons. The molecule has 1 aliphatic carbocycles. The molecule has 0 spiro atoms. The summed E-state index contributed by atoms with van der Waals surface area (Å²) in [4.78, 5) is 33.7. The van der Waals surface area contributed by atoms with Crippen LogP contribution in [-0.2, 0) is 17.8 Å². The highest BCUT2D eigenvalue weighted by Gasteiger charge is 2.35. The monoisotopic (exact) mass is 564 g/mol. The lowest BCUT2D eigenvalue weighted by Gasteiger charge is -2.28. The molecule has 1 heterocycles. The average molecular weight is 566 g/mol. The quantitative estimate of drug-likeness (QED) is 0.223. The number of H-pyrrole nitrogens is 1. The van der Waals surface area contributed by atoms with E-state index in [1.807, 2.05) is 42.6 Å². The molecule has 39 heavy (non-hydrogen) atoms. The topological polar surface area (TPSA) is 77.7 Å². The van der Waals surface area contributed by atoms with E-state index in [0.717, 1.165) is 34.9 Å². The van der Waals surface area contributed by atoms with Gasteiger partial charge in [-0.25, -0.2) is 4.79 Å². The fourth-order valence-corrected chi connectivity index (χ4v) is 4.96. The molecule has 0 saturated heterocycles. The van der Waals surface area contributed by atoms with Crippen molar-refractivity contribution in [1.82, 2.24) is 14.8 Å². The Kier molecular flexibility index (Phi) is 8.29. The first-order valence-corrected chi connectivity index (χ1v) is 13.6. The van der Waals surface area contributed by atoms with Crippen molar-refractivity contribution in [2.75, 3.05) is 25.5 Å². The van der Waals surface area contributed by atoms with Gasteiger partial charge in [0.05, 0.1) is 17.2 Å². The molecule has 1 aliphatic rings. The van der Waals surface area contributed by atoms with Gasteiger partial charge in [-0.3, -0.25) is 4.79 Å². The average Bonchev–Trinajstić information content (AvgIpc) is 3.70. The molecule has 9 heteroatoms. The second kappa shape index (κ2) is 12.0. The number of fused-ring (bicyclic) bond motifs is 1. The summed E-state index contributed by atoms with van der Waals surface area (Å²) in [7, 11) is 1.58. The zero-order chi connectivity index (χ0) is 27.4. The van der Waals surface area contributed by atoms with Crippen LogP contribution in [0.3, 0.4) is 0 Å². The summed E-state index contributed by atoms with van der Waals surface area (Å²) in [6.07, 6.45) is 4.41. The molecule has 1 fully saturated rings. The Labute approximate surface area is 237 Å². The number of nitrogens with zero attached hydrogens (tertiary/aromatic N) is 2. The van der Waals surface area contributed by atoms with Crippen molar-refractivity contribution >= 4 is 51.7 Å². The Morgan fingerprint density at radius 3 is 2.62 bits per heavy atom. The van der Waals surface area contributed by atoms with Crippen molar-refractivity contribution in [2.45, 2.75) is 31.8 Å². The lowest BCUT2D eigenvalue weighted by atomic mass is 10.1. The number of amides is 3. The number of nitrogens with one attached hydrogen (secondary N) is 2. The molecule has 0 atom stereocenters. The van der Waals surface area contributed by atoms with Crippen LogP contribution in [-0.4, -0.2) is 53.0 Å². The third-order valence-corrected chi connectivity index (χ3v) is 7.65. The highest BCUT2D eigenvalue weighted by molar-refractivity contribution is 6.42. The van der Waals surface area contributed by atoms with Gasteiger partial charge in [-0.2, -0.15) is 0 Å². The lowest BCUT2D eigenvalue weighted by Crippen LogP contribution is -2.45. The Balaban J connectivity index is 1.33. The molecule has 0 bridgehead atoms. The number of aromatic amines is 1. The van der Waals surface area contributed by atoms with Gasteiger partial charge in [0.1, 0.15) is 12.3 Å². The summed E-state index contributed by atoms with van der Waals surface area (Å²) in [5.74, 6) is 0.514. The van der Waals surface area contributed by atoms with E-state index in [1.54, 1.807) is 41.2 Å². The predicted molar refractivity (Wildman–Crippen MR) is 156 cm³/mol. The molecule has 3 aromatic carbocycles. The van der Waals surface area contributed by atoms with E-state index in [4.69, 9.17) is 27.9 Å². The first kappa shape index (κ1) is 26.9. The maximum Gasteiger partial charge on any atom is 0.322 e. The number of halogens is 2. The molecule has 0 aliphatic heterocycles. The Morgan fingerprint density at radius 1 is 1.03 bits per heavy atom. The summed E-state index contributed by atoms with van der Waals surface area (Å²) in [6, 6.07) is 20.4. The number of hydrogen-bond acceptors (Lipinski definition) is 3. The van der Waals surface area contributed by atoms with Crippen LogP contribution in [0.5, 0.6) is 5.75 Å². The predicted octanol–water partition coefficient (Wildman–Crippen LogP) is 6.75. The number of anilines is 1. The van der Waals surface area contributed by atoms with E-state index >= 15 is 0 Å². The number of rotatable bonds is 10. The number of aromatic nitrogens is 1. The number of benzene rings is 3. The molecule has 2 N–H and O–H groups in total. The van der Waals surface area contributed by atoms with E-state index in [9.17, 15) is 9.59 Å². The van der Waals surface area contributed by atoms with Gasteiger partial charge < -0.3 is 24.8 Å². The molecular weight excluding hydrogens is 535 g/mol. The van der Waals surface area contributed by atoms with Crippen LogP contribution in [0.4, 0.5) is 10.5 Å².